The van der Waals surface area contributed by atoms with Crippen LogP contribution >= 0.6 is 0 Å². The average molecular weight is 344 g/mol. The molecule has 0 aliphatic rings. The normalized spacial score (nSPS) is 10.5. The first kappa shape index (κ1) is 18.4. The topological polar surface area (TPSA) is 99.1 Å². The predicted octanol–water partition coefficient (Wildman–Crippen LogP) is 1.90. The smallest absolute Gasteiger partial charge is 0.335 e. The van der Waals surface area contributed by atoms with Crippen molar-refractivity contribution in [2.24, 2.45) is 0 Å². The maximum atomic E-state index is 11.6. The van der Waals surface area contributed by atoms with E-state index in [4.69, 9.17) is 15.1 Å². The largest absolute Gasteiger partial charge is 0.497 e. The molecule has 7 heteroatoms. The number of nitrogens with one attached hydrogen (secondary N) is 1. The third kappa shape index (κ3) is 5.59. The van der Waals surface area contributed by atoms with Crippen LogP contribution in [0, 0.1) is 0 Å². The van der Waals surface area contributed by atoms with Crippen LogP contribution in [0.15, 0.2) is 48.5 Å². The fraction of sp³-hybridized carbons (Fsp3) is 0.222. The summed E-state index contributed by atoms with van der Waals surface area (Å²) in [4.78, 5) is 24.5. The minimum atomic E-state index is -1.00. The second-order valence-electron chi connectivity index (χ2n) is 5.53. The molecule has 0 radical (unpaired) electrons. The van der Waals surface area contributed by atoms with Gasteiger partial charge in [0.25, 0.3) is 5.91 Å². The number of benzene rings is 2. The minimum Gasteiger partial charge on any atom is -0.497 e. The molecule has 0 unspecified atom stereocenters. The van der Waals surface area contributed by atoms with E-state index < -0.39 is 11.9 Å². The molecule has 0 aliphatic heterocycles. The van der Waals surface area contributed by atoms with E-state index in [1.165, 1.54) is 6.07 Å². The van der Waals surface area contributed by atoms with Crippen molar-refractivity contribution < 1.29 is 24.6 Å². The lowest BCUT2D eigenvalue weighted by Crippen LogP contribution is -2.35. The van der Waals surface area contributed by atoms with Crippen molar-refractivity contribution in [3.63, 3.8) is 0 Å². The number of hydrogen-bond acceptors (Lipinski definition) is 5. The van der Waals surface area contributed by atoms with E-state index in [-0.39, 0.29) is 12.1 Å². The third-order valence-electron chi connectivity index (χ3n) is 3.64. The van der Waals surface area contributed by atoms with Gasteiger partial charge in [0.15, 0.2) is 0 Å². The van der Waals surface area contributed by atoms with E-state index in [9.17, 15) is 9.59 Å². The number of carboxylic acid groups (broad SMARTS) is 1. The first-order chi connectivity index (χ1) is 12.0. The van der Waals surface area contributed by atoms with E-state index >= 15 is 0 Å². The fourth-order valence-electron chi connectivity index (χ4n) is 2.46. The number of carbonyl (C=O) groups excluding carboxylic acids is 1. The number of rotatable bonds is 8. The van der Waals surface area contributed by atoms with Crippen molar-refractivity contribution in [3.8, 4) is 5.75 Å². The summed E-state index contributed by atoms with van der Waals surface area (Å²) in [6, 6.07) is 14.0. The standard InChI is InChI=1S/C18H20N2O5/c1-25-16-7-5-13(6-8-16)10-20(12-17(21)19-24)11-14-3-2-4-15(9-14)18(22)23/h2-9,24H,10-12H2,1H3,(H,19,21)(H,22,23). The first-order valence-electron chi connectivity index (χ1n) is 7.62. The van der Waals surface area contributed by atoms with E-state index in [1.54, 1.807) is 35.7 Å². The molecule has 2 rings (SSSR count). The maximum absolute atomic E-state index is 11.6. The van der Waals surface area contributed by atoms with Crippen molar-refractivity contribution >= 4 is 11.9 Å². The minimum absolute atomic E-state index is 0.0279. The zero-order valence-corrected chi connectivity index (χ0v) is 13.8. The Kier molecular flexibility index (Phi) is 6.50. The predicted molar refractivity (Wildman–Crippen MR) is 90.4 cm³/mol. The molecule has 1 amide bonds. The molecule has 0 aliphatic carbocycles. The zero-order valence-electron chi connectivity index (χ0n) is 13.8. The molecule has 3 N–H and O–H groups in total. The Bertz CT molecular complexity index is 731. The molecule has 0 bridgehead atoms. The number of hydroxylamine groups is 1. The van der Waals surface area contributed by atoms with Crippen LogP contribution in [0.3, 0.4) is 0 Å². The summed E-state index contributed by atoms with van der Waals surface area (Å²) in [6.07, 6.45) is 0. The Morgan fingerprint density at radius 3 is 2.36 bits per heavy atom. The average Bonchev–Trinajstić information content (AvgIpc) is 2.62. The van der Waals surface area contributed by atoms with Gasteiger partial charge in [0.2, 0.25) is 0 Å². The number of carboxylic acids is 1. The van der Waals surface area contributed by atoms with Crippen molar-refractivity contribution in [1.82, 2.24) is 10.4 Å². The number of hydrogen-bond donors (Lipinski definition) is 3. The number of methoxy groups -OCH3 is 1. The van der Waals surface area contributed by atoms with Crippen LogP contribution in [0.1, 0.15) is 21.5 Å². The van der Waals surface area contributed by atoms with Gasteiger partial charge in [-0.15, -0.1) is 0 Å². The van der Waals surface area contributed by atoms with Crippen molar-refractivity contribution in [3.05, 3.63) is 65.2 Å². The summed E-state index contributed by atoms with van der Waals surface area (Å²) in [5.74, 6) is -0.808. The molecule has 0 saturated heterocycles. The van der Waals surface area contributed by atoms with Gasteiger partial charge in [-0.1, -0.05) is 24.3 Å². The highest BCUT2D eigenvalue weighted by Gasteiger charge is 2.13. The first-order valence-corrected chi connectivity index (χ1v) is 7.62. The Morgan fingerprint density at radius 2 is 1.76 bits per heavy atom. The van der Waals surface area contributed by atoms with Gasteiger partial charge in [-0.3, -0.25) is 14.9 Å². The molecule has 0 spiro atoms. The monoisotopic (exact) mass is 344 g/mol. The highest BCUT2D eigenvalue weighted by Crippen LogP contribution is 2.15. The van der Waals surface area contributed by atoms with Crippen LogP contribution in [0.25, 0.3) is 0 Å². The number of amides is 1. The third-order valence-corrected chi connectivity index (χ3v) is 3.64. The lowest BCUT2D eigenvalue weighted by Gasteiger charge is -2.21. The summed E-state index contributed by atoms with van der Waals surface area (Å²) in [5, 5.41) is 17.9. The van der Waals surface area contributed by atoms with Crippen LogP contribution in [0.2, 0.25) is 0 Å². The fourth-order valence-corrected chi connectivity index (χ4v) is 2.46. The zero-order chi connectivity index (χ0) is 18.2. The number of nitrogens with zero attached hydrogens (tertiary/aromatic N) is 1. The molecule has 0 aromatic heterocycles. The van der Waals surface area contributed by atoms with E-state index in [2.05, 4.69) is 0 Å². The summed E-state index contributed by atoms with van der Waals surface area (Å²) in [6.45, 7) is 0.787. The quantitative estimate of drug-likeness (QED) is 0.500. The Morgan fingerprint density at radius 1 is 1.08 bits per heavy atom. The maximum Gasteiger partial charge on any atom is 0.335 e. The highest BCUT2D eigenvalue weighted by atomic mass is 16.5. The van der Waals surface area contributed by atoms with Gasteiger partial charge in [0, 0.05) is 13.1 Å². The summed E-state index contributed by atoms with van der Waals surface area (Å²) in [5.41, 5.74) is 3.53. The van der Waals surface area contributed by atoms with Crippen LogP contribution in [0.4, 0.5) is 0 Å². The van der Waals surface area contributed by atoms with Gasteiger partial charge in [0.1, 0.15) is 5.75 Å². The molecular weight excluding hydrogens is 324 g/mol. The molecular formula is C18H20N2O5. The van der Waals surface area contributed by atoms with Gasteiger partial charge < -0.3 is 9.84 Å². The lowest BCUT2D eigenvalue weighted by atomic mass is 10.1. The van der Waals surface area contributed by atoms with Gasteiger partial charge >= 0.3 is 5.97 Å². The second kappa shape index (κ2) is 8.81. The lowest BCUT2D eigenvalue weighted by molar-refractivity contribution is -0.130. The van der Waals surface area contributed by atoms with Gasteiger partial charge in [-0.25, -0.2) is 10.3 Å². The summed E-state index contributed by atoms with van der Waals surface area (Å²) in [7, 11) is 1.59. The van der Waals surface area contributed by atoms with Crippen LogP contribution in [-0.2, 0) is 17.9 Å². The number of ether oxygens (including phenoxy) is 1. The Hall–Kier alpha value is -2.90. The molecule has 0 atom stereocenters. The van der Waals surface area contributed by atoms with Crippen molar-refractivity contribution in [2.45, 2.75) is 13.1 Å². The molecule has 7 nitrogen and oxygen atoms in total. The highest BCUT2D eigenvalue weighted by molar-refractivity contribution is 5.87. The molecule has 0 fully saturated rings. The number of aromatic carboxylic acids is 1. The molecule has 132 valence electrons. The summed E-state index contributed by atoms with van der Waals surface area (Å²) < 4.78 is 5.12. The van der Waals surface area contributed by atoms with E-state index in [0.29, 0.717) is 13.1 Å². The van der Waals surface area contributed by atoms with Gasteiger partial charge in [-0.2, -0.15) is 0 Å². The van der Waals surface area contributed by atoms with Crippen LogP contribution in [0.5, 0.6) is 5.75 Å². The number of carbonyl (C=O) groups is 2. The van der Waals surface area contributed by atoms with Crippen LogP contribution < -0.4 is 10.2 Å². The van der Waals surface area contributed by atoms with E-state index in [0.717, 1.165) is 16.9 Å². The Balaban J connectivity index is 2.15. The Labute approximate surface area is 145 Å². The SMILES string of the molecule is COc1ccc(CN(CC(=O)NO)Cc2cccc(C(=O)O)c2)cc1. The molecule has 0 heterocycles. The molecule has 25 heavy (non-hydrogen) atoms. The van der Waals surface area contributed by atoms with E-state index in [1.807, 2.05) is 24.3 Å². The summed E-state index contributed by atoms with van der Waals surface area (Å²) >= 11 is 0. The van der Waals surface area contributed by atoms with Crippen molar-refractivity contribution in [1.29, 1.82) is 0 Å². The van der Waals surface area contributed by atoms with Crippen LogP contribution in [-0.4, -0.2) is 40.7 Å². The van der Waals surface area contributed by atoms with Gasteiger partial charge in [0.05, 0.1) is 19.2 Å². The molecule has 2 aromatic rings. The van der Waals surface area contributed by atoms with Crippen molar-refractivity contribution in [2.75, 3.05) is 13.7 Å². The van der Waals surface area contributed by atoms with Gasteiger partial charge in [-0.05, 0) is 35.4 Å². The molecule has 0 saturated carbocycles. The second-order valence-corrected chi connectivity index (χ2v) is 5.53. The molecule has 2 aromatic carbocycles.